The molecule has 0 spiro atoms. The Morgan fingerprint density at radius 1 is 1.33 bits per heavy atom. The second kappa shape index (κ2) is 6.99. The summed E-state index contributed by atoms with van der Waals surface area (Å²) in [6.07, 6.45) is 5.06. The highest BCUT2D eigenvalue weighted by Crippen LogP contribution is 2.29. The molecule has 138 valence electrons. The fourth-order valence-corrected chi connectivity index (χ4v) is 3.09. The molecular formula is C19H20N6O2. The molecule has 27 heavy (non-hydrogen) atoms. The molecule has 0 aliphatic carbocycles. The molecule has 8 heteroatoms. The number of hydrogen-bond acceptors (Lipinski definition) is 5. The van der Waals surface area contributed by atoms with Crippen LogP contribution in [0.25, 0.3) is 17.3 Å². The number of carbonyl (C=O) groups excluding carboxylic acids is 1. The van der Waals surface area contributed by atoms with E-state index in [0.29, 0.717) is 12.4 Å². The van der Waals surface area contributed by atoms with E-state index in [9.17, 15) is 4.79 Å². The Labute approximate surface area is 156 Å². The van der Waals surface area contributed by atoms with Crippen LogP contribution in [0.4, 0.5) is 4.79 Å². The predicted octanol–water partition coefficient (Wildman–Crippen LogP) is 2.87. The Morgan fingerprint density at radius 2 is 2.15 bits per heavy atom. The number of fused-ring (bicyclic) bond motifs is 1. The zero-order valence-electron chi connectivity index (χ0n) is 15.1. The van der Waals surface area contributed by atoms with Crippen molar-refractivity contribution in [2.75, 3.05) is 7.05 Å². The fourth-order valence-electron chi connectivity index (χ4n) is 3.09. The molecule has 1 aliphatic heterocycles. The molecule has 8 nitrogen and oxygen atoms in total. The molecule has 1 aliphatic rings. The van der Waals surface area contributed by atoms with Crippen LogP contribution in [0.15, 0.2) is 53.1 Å². The number of aromatic nitrogens is 3. The summed E-state index contributed by atoms with van der Waals surface area (Å²) in [4.78, 5) is 14.4. The Hall–Kier alpha value is -3.55. The fraction of sp³-hybridized carbons (Fsp3) is 0.211. The first-order chi connectivity index (χ1) is 13.1. The highest BCUT2D eigenvalue weighted by atomic mass is 16.5. The Kier molecular flexibility index (Phi) is 4.37. The molecule has 0 saturated carbocycles. The van der Waals surface area contributed by atoms with Crippen molar-refractivity contribution in [1.29, 1.82) is 0 Å². The summed E-state index contributed by atoms with van der Waals surface area (Å²) in [6, 6.07) is 9.48. The van der Waals surface area contributed by atoms with Gasteiger partial charge in [-0.25, -0.2) is 4.79 Å². The lowest BCUT2D eigenvalue weighted by Gasteiger charge is -2.27. The summed E-state index contributed by atoms with van der Waals surface area (Å²) in [5, 5.41) is 17.0. The molecule has 0 saturated heterocycles. The largest absolute Gasteiger partial charge is 0.364 e. The van der Waals surface area contributed by atoms with Gasteiger partial charge in [0.25, 0.3) is 0 Å². The van der Waals surface area contributed by atoms with Gasteiger partial charge in [0.15, 0.2) is 0 Å². The van der Waals surface area contributed by atoms with Crippen molar-refractivity contribution in [2.45, 2.75) is 19.5 Å². The molecule has 1 aromatic carbocycles. The first-order valence-corrected chi connectivity index (χ1v) is 8.64. The number of benzene rings is 1. The van der Waals surface area contributed by atoms with Crippen molar-refractivity contribution in [2.24, 2.45) is 0 Å². The van der Waals surface area contributed by atoms with Crippen LogP contribution in [0.5, 0.6) is 0 Å². The van der Waals surface area contributed by atoms with Crippen molar-refractivity contribution < 1.29 is 9.32 Å². The van der Waals surface area contributed by atoms with E-state index in [4.69, 9.17) is 4.52 Å². The molecule has 3 heterocycles. The normalized spacial score (nSPS) is 14.3. The number of nitrogens with one attached hydrogen (secondary N) is 3. The zero-order chi connectivity index (χ0) is 18.8. The number of carbonyl (C=O) groups is 1. The maximum Gasteiger partial charge on any atom is 0.320 e. The smallest absolute Gasteiger partial charge is 0.320 e. The van der Waals surface area contributed by atoms with Gasteiger partial charge < -0.3 is 14.7 Å². The third kappa shape index (κ3) is 3.41. The van der Waals surface area contributed by atoms with Gasteiger partial charge in [-0.3, -0.25) is 10.4 Å². The molecule has 0 bridgehead atoms. The average Bonchev–Trinajstić information content (AvgIpc) is 3.32. The maximum absolute atomic E-state index is 12.4. The molecular weight excluding hydrogens is 344 g/mol. The summed E-state index contributed by atoms with van der Waals surface area (Å²) < 4.78 is 4.91. The van der Waals surface area contributed by atoms with Crippen LogP contribution in [0.2, 0.25) is 0 Å². The quantitative estimate of drug-likeness (QED) is 0.661. The van der Waals surface area contributed by atoms with E-state index in [1.165, 1.54) is 0 Å². The Morgan fingerprint density at radius 3 is 2.89 bits per heavy atom. The van der Waals surface area contributed by atoms with E-state index < -0.39 is 0 Å². The highest BCUT2D eigenvalue weighted by molar-refractivity contribution is 5.78. The monoisotopic (exact) mass is 364 g/mol. The van der Waals surface area contributed by atoms with Crippen LogP contribution >= 0.6 is 0 Å². The molecule has 3 N–H and O–H groups in total. The van der Waals surface area contributed by atoms with Crippen molar-refractivity contribution in [3.05, 3.63) is 65.4 Å². The molecule has 0 unspecified atom stereocenters. The second-order valence-electron chi connectivity index (χ2n) is 6.49. The average molecular weight is 364 g/mol. The lowest BCUT2D eigenvalue weighted by Crippen LogP contribution is -2.41. The number of nitrogens with zero attached hydrogens (tertiary/aromatic N) is 3. The van der Waals surface area contributed by atoms with Crippen LogP contribution in [0.3, 0.4) is 0 Å². The lowest BCUT2D eigenvalue weighted by molar-refractivity contribution is 0.236. The number of urea groups is 1. The van der Waals surface area contributed by atoms with Crippen LogP contribution < -0.4 is 10.6 Å². The molecule has 2 amide bonds. The number of rotatable bonds is 4. The number of H-pyrrole nitrogens is 1. The molecule has 4 rings (SSSR count). The van der Waals surface area contributed by atoms with Gasteiger partial charge in [0.2, 0.25) is 0 Å². The van der Waals surface area contributed by atoms with Crippen LogP contribution in [-0.4, -0.2) is 33.3 Å². The summed E-state index contributed by atoms with van der Waals surface area (Å²) in [5.41, 5.74) is 4.56. The van der Waals surface area contributed by atoms with Gasteiger partial charge in [-0.2, -0.15) is 5.10 Å². The third-order valence-corrected chi connectivity index (χ3v) is 4.58. The minimum Gasteiger partial charge on any atom is -0.364 e. The summed E-state index contributed by atoms with van der Waals surface area (Å²) in [5.74, 6) is 0.695. The van der Waals surface area contributed by atoms with E-state index in [2.05, 4.69) is 26.0 Å². The van der Waals surface area contributed by atoms with Gasteiger partial charge in [0.05, 0.1) is 23.5 Å². The third-order valence-electron chi connectivity index (χ3n) is 4.58. The topological polar surface area (TPSA) is 99.1 Å². The predicted molar refractivity (Wildman–Crippen MR) is 100 cm³/mol. The molecule has 1 atom stereocenters. The van der Waals surface area contributed by atoms with Gasteiger partial charge in [-0.15, -0.1) is 0 Å². The van der Waals surface area contributed by atoms with Crippen molar-refractivity contribution in [1.82, 2.24) is 30.9 Å². The number of amides is 2. The highest BCUT2D eigenvalue weighted by Gasteiger charge is 2.23. The van der Waals surface area contributed by atoms with E-state index in [-0.39, 0.29) is 12.1 Å². The maximum atomic E-state index is 12.4. The van der Waals surface area contributed by atoms with Crippen molar-refractivity contribution in [3.8, 4) is 11.3 Å². The van der Waals surface area contributed by atoms with Gasteiger partial charge in [0.1, 0.15) is 17.8 Å². The molecule has 3 aromatic rings. The van der Waals surface area contributed by atoms with Gasteiger partial charge in [-0.1, -0.05) is 35.5 Å². The Balaban J connectivity index is 1.48. The summed E-state index contributed by atoms with van der Waals surface area (Å²) >= 11 is 0. The van der Waals surface area contributed by atoms with Crippen LogP contribution in [-0.2, 0) is 6.54 Å². The number of aromatic amines is 1. The molecule has 2 aromatic heterocycles. The van der Waals surface area contributed by atoms with Crippen molar-refractivity contribution >= 4 is 12.1 Å². The summed E-state index contributed by atoms with van der Waals surface area (Å²) in [6.45, 7) is 2.55. The van der Waals surface area contributed by atoms with Crippen LogP contribution in [0, 0.1) is 0 Å². The minimum atomic E-state index is -0.258. The van der Waals surface area contributed by atoms with E-state index in [1.54, 1.807) is 12.5 Å². The van der Waals surface area contributed by atoms with E-state index in [1.807, 2.05) is 55.3 Å². The van der Waals surface area contributed by atoms with Gasteiger partial charge in [-0.05, 0) is 12.5 Å². The lowest BCUT2D eigenvalue weighted by atomic mass is 10.1. The van der Waals surface area contributed by atoms with Crippen LogP contribution in [0.1, 0.15) is 29.8 Å². The first-order valence-electron chi connectivity index (χ1n) is 8.64. The van der Waals surface area contributed by atoms with E-state index in [0.717, 1.165) is 28.1 Å². The van der Waals surface area contributed by atoms with E-state index >= 15 is 0 Å². The van der Waals surface area contributed by atoms with Gasteiger partial charge in [0, 0.05) is 25.2 Å². The Bertz CT molecular complexity index is 962. The van der Waals surface area contributed by atoms with Crippen molar-refractivity contribution in [3.63, 3.8) is 0 Å². The molecule has 0 radical (unpaired) electrons. The minimum absolute atomic E-state index is 0.0939. The zero-order valence-corrected chi connectivity index (χ0v) is 15.1. The second-order valence-corrected chi connectivity index (χ2v) is 6.49. The number of hydrogen-bond donors (Lipinski definition) is 3. The standard InChI is InChI=1S/C19H20N6O2/c1-12(13-6-4-3-5-7-13)21-19(26)22-17-8-16-15(10-25(17)2)18(24-23-16)14-9-20-27-11-14/h3-9,11-12H,10H2,1-2H3,(H,23,24)(H2,21,22,26)/t12-/m1/s1. The SMILES string of the molecule is C[C@@H](NC(=O)NC1=Cc2[nH]nc(-c3cnoc3)c2CN1C)c1ccccc1. The first kappa shape index (κ1) is 16.9. The van der Waals surface area contributed by atoms with Gasteiger partial charge >= 0.3 is 6.03 Å². The summed E-state index contributed by atoms with van der Waals surface area (Å²) in [7, 11) is 1.92. The molecule has 0 fully saturated rings.